The van der Waals surface area contributed by atoms with E-state index in [0.29, 0.717) is 32.6 Å². The van der Waals surface area contributed by atoms with Crippen molar-refractivity contribution in [2.24, 2.45) is 0 Å². The van der Waals surface area contributed by atoms with E-state index in [-0.39, 0.29) is 12.5 Å². The number of rotatable bonds is 6. The molecule has 8 heteroatoms. The van der Waals surface area contributed by atoms with Gasteiger partial charge in [-0.15, -0.1) is 0 Å². The minimum absolute atomic E-state index is 0.0775. The molecule has 2 rings (SSSR count). The number of halogens is 1. The summed E-state index contributed by atoms with van der Waals surface area (Å²) in [6, 6.07) is 5.36. The molecule has 1 heterocycles. The molecule has 1 amide bonds. The number of hydrogen-bond donors (Lipinski definition) is 0. The van der Waals surface area contributed by atoms with Crippen LogP contribution in [0.2, 0.25) is 0 Å². The van der Waals surface area contributed by atoms with Gasteiger partial charge < -0.3 is 9.47 Å². The third-order valence-corrected chi connectivity index (χ3v) is 5.09. The van der Waals surface area contributed by atoms with Crippen molar-refractivity contribution in [2.75, 3.05) is 19.8 Å². The Bertz CT molecular complexity index is 705. The van der Waals surface area contributed by atoms with Crippen LogP contribution in [0, 0.1) is 0 Å². The quantitative estimate of drug-likeness (QED) is 0.391. The van der Waals surface area contributed by atoms with Crippen LogP contribution in [0.1, 0.15) is 19.4 Å². The summed E-state index contributed by atoms with van der Waals surface area (Å²) in [6.07, 6.45) is 1.79. The summed E-state index contributed by atoms with van der Waals surface area (Å²) in [4.78, 5) is 25.7. The highest BCUT2D eigenvalue weighted by Gasteiger charge is 2.30. The van der Waals surface area contributed by atoms with Gasteiger partial charge in [0, 0.05) is 6.54 Å². The van der Waals surface area contributed by atoms with Gasteiger partial charge in [0.2, 0.25) is 0 Å². The Labute approximate surface area is 158 Å². The van der Waals surface area contributed by atoms with Gasteiger partial charge in [-0.1, -0.05) is 30.0 Å². The average molecular weight is 430 g/mol. The molecule has 1 aliphatic heterocycles. The van der Waals surface area contributed by atoms with E-state index in [1.165, 1.54) is 11.8 Å². The molecule has 1 fully saturated rings. The second kappa shape index (κ2) is 8.64. The van der Waals surface area contributed by atoms with Crippen LogP contribution in [0.25, 0.3) is 6.08 Å². The van der Waals surface area contributed by atoms with Gasteiger partial charge in [-0.2, -0.15) is 0 Å². The summed E-state index contributed by atoms with van der Waals surface area (Å²) in [5.41, 5.74) is 0.835. The normalized spacial score (nSPS) is 16.0. The van der Waals surface area contributed by atoms with E-state index in [1.807, 2.05) is 19.1 Å². The Balaban J connectivity index is 2.10. The number of carbonyl (C=O) groups excluding carboxylic acids is 2. The first-order valence-corrected chi connectivity index (χ1v) is 9.31. The Morgan fingerprint density at radius 2 is 2.17 bits per heavy atom. The zero-order valence-electron chi connectivity index (χ0n) is 13.2. The third-order valence-electron chi connectivity index (χ3n) is 3.09. The maximum absolute atomic E-state index is 12.2. The van der Waals surface area contributed by atoms with Gasteiger partial charge in [0.15, 0.2) is 6.61 Å². The van der Waals surface area contributed by atoms with Gasteiger partial charge in [0.05, 0.1) is 16.0 Å². The fourth-order valence-corrected chi connectivity index (χ4v) is 3.88. The van der Waals surface area contributed by atoms with E-state index >= 15 is 0 Å². The minimum Gasteiger partial charge on any atom is -0.481 e. The number of amides is 1. The van der Waals surface area contributed by atoms with Gasteiger partial charge in [-0.05, 0) is 53.5 Å². The summed E-state index contributed by atoms with van der Waals surface area (Å²) >= 11 is 9.89. The van der Waals surface area contributed by atoms with Crippen molar-refractivity contribution in [2.45, 2.75) is 13.8 Å². The van der Waals surface area contributed by atoms with Crippen LogP contribution in [0.15, 0.2) is 27.6 Å². The predicted molar refractivity (Wildman–Crippen MR) is 102 cm³/mol. The van der Waals surface area contributed by atoms with Crippen LogP contribution < -0.4 is 4.74 Å². The Hall–Kier alpha value is -1.38. The number of nitrogens with zero attached hydrogens (tertiary/aromatic N) is 1. The van der Waals surface area contributed by atoms with Crippen molar-refractivity contribution in [1.82, 2.24) is 4.90 Å². The molecule has 24 heavy (non-hydrogen) atoms. The molecule has 0 aliphatic carbocycles. The second-order valence-corrected chi connectivity index (χ2v) is 7.24. The van der Waals surface area contributed by atoms with Crippen molar-refractivity contribution in [1.29, 1.82) is 0 Å². The van der Waals surface area contributed by atoms with Gasteiger partial charge >= 0.3 is 5.97 Å². The van der Waals surface area contributed by atoms with Crippen molar-refractivity contribution in [3.8, 4) is 5.75 Å². The first-order chi connectivity index (χ1) is 11.5. The number of thioether (sulfide) groups is 1. The van der Waals surface area contributed by atoms with Crippen molar-refractivity contribution >= 4 is 62.2 Å². The monoisotopic (exact) mass is 429 g/mol. The zero-order valence-corrected chi connectivity index (χ0v) is 16.4. The molecular formula is C16H16BrNO4S2. The van der Waals surface area contributed by atoms with Crippen LogP contribution in [0.5, 0.6) is 5.75 Å². The first kappa shape index (κ1) is 19.0. The Morgan fingerprint density at radius 3 is 2.75 bits per heavy atom. The van der Waals surface area contributed by atoms with Crippen molar-refractivity contribution < 1.29 is 19.1 Å². The van der Waals surface area contributed by atoms with E-state index in [9.17, 15) is 9.59 Å². The Morgan fingerprint density at radius 1 is 1.42 bits per heavy atom. The number of esters is 1. The van der Waals surface area contributed by atoms with Crippen LogP contribution >= 0.6 is 39.9 Å². The topological polar surface area (TPSA) is 55.8 Å². The first-order valence-electron chi connectivity index (χ1n) is 7.29. The zero-order chi connectivity index (χ0) is 17.7. The number of thiocarbonyl (C=S) groups is 1. The maximum Gasteiger partial charge on any atom is 0.344 e. The minimum atomic E-state index is -0.420. The molecule has 0 aromatic heterocycles. The molecule has 0 atom stereocenters. The van der Waals surface area contributed by atoms with Crippen molar-refractivity contribution in [3.63, 3.8) is 0 Å². The summed E-state index contributed by atoms with van der Waals surface area (Å²) in [5, 5.41) is 0. The molecule has 0 bridgehead atoms. The third kappa shape index (κ3) is 4.58. The molecule has 0 unspecified atom stereocenters. The predicted octanol–water partition coefficient (Wildman–Crippen LogP) is 3.61. The summed E-state index contributed by atoms with van der Waals surface area (Å²) in [5.74, 6) is 0.0317. The number of benzene rings is 1. The number of hydrogen-bond acceptors (Lipinski definition) is 6. The Kier molecular flexibility index (Phi) is 6.82. The van der Waals surface area contributed by atoms with Gasteiger partial charge in [0.1, 0.15) is 10.1 Å². The standard InChI is InChI=1S/C16H16BrNO4S2/c1-3-18-15(20)13(24-16(18)23)8-10-5-6-12(11(17)7-10)22-9-14(19)21-4-2/h5-8H,3-4,9H2,1-2H3. The highest BCUT2D eigenvalue weighted by molar-refractivity contribution is 9.10. The average Bonchev–Trinajstić information content (AvgIpc) is 2.80. The molecule has 5 nitrogen and oxygen atoms in total. The molecule has 0 N–H and O–H groups in total. The maximum atomic E-state index is 12.2. The number of ether oxygens (including phenoxy) is 2. The van der Waals surface area contributed by atoms with Crippen LogP contribution in [0.3, 0.4) is 0 Å². The number of carbonyl (C=O) groups is 2. The van der Waals surface area contributed by atoms with Gasteiger partial charge in [-0.3, -0.25) is 9.69 Å². The van der Waals surface area contributed by atoms with Gasteiger partial charge in [-0.25, -0.2) is 4.79 Å². The fourth-order valence-electron chi connectivity index (χ4n) is 1.99. The largest absolute Gasteiger partial charge is 0.481 e. The lowest BCUT2D eigenvalue weighted by Crippen LogP contribution is -2.27. The molecule has 0 saturated carbocycles. The lowest BCUT2D eigenvalue weighted by molar-refractivity contribution is -0.145. The second-order valence-electron chi connectivity index (χ2n) is 4.71. The van der Waals surface area contributed by atoms with Crippen LogP contribution in [-0.4, -0.2) is 40.9 Å². The summed E-state index contributed by atoms with van der Waals surface area (Å²) < 4.78 is 11.5. The fraction of sp³-hybridized carbons (Fsp3) is 0.312. The molecule has 0 radical (unpaired) electrons. The number of likely N-dealkylation sites (N-methyl/N-ethyl adjacent to an activating group) is 1. The molecule has 1 aromatic rings. The van der Waals surface area contributed by atoms with Crippen molar-refractivity contribution in [3.05, 3.63) is 33.1 Å². The lowest BCUT2D eigenvalue weighted by Gasteiger charge is -2.10. The van der Waals surface area contributed by atoms with E-state index in [0.717, 1.165) is 5.56 Å². The summed E-state index contributed by atoms with van der Waals surface area (Å²) in [6.45, 7) is 4.36. The lowest BCUT2D eigenvalue weighted by atomic mass is 10.2. The van der Waals surface area contributed by atoms with E-state index in [1.54, 1.807) is 24.0 Å². The molecule has 128 valence electrons. The smallest absolute Gasteiger partial charge is 0.344 e. The molecule has 1 aromatic carbocycles. The van der Waals surface area contributed by atoms with Crippen LogP contribution in [-0.2, 0) is 14.3 Å². The SMILES string of the molecule is CCOC(=O)COc1ccc(C=C2SC(=S)N(CC)C2=O)cc1Br. The van der Waals surface area contributed by atoms with E-state index in [2.05, 4.69) is 15.9 Å². The molecular weight excluding hydrogens is 414 g/mol. The highest BCUT2D eigenvalue weighted by Crippen LogP contribution is 2.33. The molecule has 1 aliphatic rings. The van der Waals surface area contributed by atoms with Gasteiger partial charge in [0.25, 0.3) is 5.91 Å². The molecule has 1 saturated heterocycles. The summed E-state index contributed by atoms with van der Waals surface area (Å²) in [7, 11) is 0. The molecule has 0 spiro atoms. The van der Waals surface area contributed by atoms with E-state index < -0.39 is 5.97 Å². The van der Waals surface area contributed by atoms with Crippen LogP contribution in [0.4, 0.5) is 0 Å². The van der Waals surface area contributed by atoms with E-state index in [4.69, 9.17) is 21.7 Å². The highest BCUT2D eigenvalue weighted by atomic mass is 79.9.